The highest BCUT2D eigenvalue weighted by molar-refractivity contribution is 5.33. The zero-order valence-corrected chi connectivity index (χ0v) is 9.12. The second-order valence-electron chi connectivity index (χ2n) is 3.48. The Morgan fingerprint density at radius 2 is 1.93 bits per heavy atom. The van der Waals surface area contributed by atoms with Crippen molar-refractivity contribution in [1.82, 2.24) is 0 Å². The minimum Gasteiger partial charge on any atom is -0.496 e. The van der Waals surface area contributed by atoms with Crippen LogP contribution in [0.1, 0.15) is 19.4 Å². The minimum atomic E-state index is 0.296. The molecule has 2 nitrogen and oxygen atoms in total. The highest BCUT2D eigenvalue weighted by Gasteiger charge is 2.01. The molecule has 0 saturated carbocycles. The van der Waals surface area contributed by atoms with Crippen molar-refractivity contribution in [1.29, 1.82) is 0 Å². The fraction of sp³-hybridized carbons (Fsp3) is 0.500. The van der Waals surface area contributed by atoms with Crippen LogP contribution in [0.5, 0.6) is 5.75 Å². The first-order valence-corrected chi connectivity index (χ1v) is 4.97. The van der Waals surface area contributed by atoms with Crippen molar-refractivity contribution in [2.45, 2.75) is 26.4 Å². The maximum atomic E-state index is 5.49. The van der Waals surface area contributed by atoms with Crippen LogP contribution in [0.2, 0.25) is 0 Å². The van der Waals surface area contributed by atoms with E-state index >= 15 is 0 Å². The highest BCUT2D eigenvalue weighted by atomic mass is 16.5. The van der Waals surface area contributed by atoms with Crippen molar-refractivity contribution in [2.75, 3.05) is 13.7 Å². The lowest BCUT2D eigenvalue weighted by Crippen LogP contribution is -2.06. The zero-order valence-electron chi connectivity index (χ0n) is 9.12. The zero-order chi connectivity index (χ0) is 10.4. The van der Waals surface area contributed by atoms with Gasteiger partial charge in [0, 0.05) is 0 Å². The molecular weight excluding hydrogens is 176 g/mol. The molecule has 0 spiro atoms. The Morgan fingerprint density at radius 3 is 2.57 bits per heavy atom. The van der Waals surface area contributed by atoms with Gasteiger partial charge in [0.15, 0.2) is 0 Å². The number of methoxy groups -OCH3 is 1. The lowest BCUT2D eigenvalue weighted by molar-refractivity contribution is 0.0810. The van der Waals surface area contributed by atoms with E-state index in [0.29, 0.717) is 6.10 Å². The summed E-state index contributed by atoms with van der Waals surface area (Å²) >= 11 is 0. The highest BCUT2D eigenvalue weighted by Crippen LogP contribution is 2.17. The Bertz CT molecular complexity index is 269. The van der Waals surface area contributed by atoms with Gasteiger partial charge in [0.05, 0.1) is 19.8 Å². The Morgan fingerprint density at radius 1 is 1.21 bits per heavy atom. The molecule has 0 aliphatic carbocycles. The first kappa shape index (κ1) is 11.1. The fourth-order valence-electron chi connectivity index (χ4n) is 1.31. The van der Waals surface area contributed by atoms with Crippen LogP contribution in [0.25, 0.3) is 0 Å². The predicted molar refractivity (Wildman–Crippen MR) is 57.8 cm³/mol. The average molecular weight is 194 g/mol. The molecule has 2 heteroatoms. The summed E-state index contributed by atoms with van der Waals surface area (Å²) in [6.07, 6.45) is 1.20. The number of rotatable bonds is 5. The van der Waals surface area contributed by atoms with E-state index in [4.69, 9.17) is 9.47 Å². The third-order valence-corrected chi connectivity index (χ3v) is 2.02. The fourth-order valence-corrected chi connectivity index (χ4v) is 1.31. The number of hydrogen-bond donors (Lipinski definition) is 0. The quantitative estimate of drug-likeness (QED) is 0.717. The summed E-state index contributed by atoms with van der Waals surface area (Å²) in [5, 5.41) is 0. The van der Waals surface area contributed by atoms with Gasteiger partial charge in [-0.25, -0.2) is 0 Å². The molecule has 0 unspecified atom stereocenters. The lowest BCUT2D eigenvalue weighted by Gasteiger charge is -2.10. The van der Waals surface area contributed by atoms with Crippen LogP contribution in [-0.4, -0.2) is 19.8 Å². The van der Waals surface area contributed by atoms with Crippen molar-refractivity contribution in [3.63, 3.8) is 0 Å². The molecule has 0 aliphatic heterocycles. The van der Waals surface area contributed by atoms with Gasteiger partial charge in [-0.2, -0.15) is 0 Å². The van der Waals surface area contributed by atoms with Gasteiger partial charge < -0.3 is 9.47 Å². The van der Waals surface area contributed by atoms with E-state index in [1.807, 2.05) is 32.0 Å². The molecule has 1 aromatic carbocycles. The Balaban J connectivity index is 2.49. The van der Waals surface area contributed by atoms with Crippen molar-refractivity contribution in [3.8, 4) is 5.75 Å². The summed E-state index contributed by atoms with van der Waals surface area (Å²) in [6, 6.07) is 8.05. The van der Waals surface area contributed by atoms with Crippen molar-refractivity contribution in [3.05, 3.63) is 29.8 Å². The van der Waals surface area contributed by atoms with E-state index in [2.05, 4.69) is 6.07 Å². The van der Waals surface area contributed by atoms with Crippen LogP contribution in [0.4, 0.5) is 0 Å². The third kappa shape index (κ3) is 3.38. The summed E-state index contributed by atoms with van der Waals surface area (Å²) < 4.78 is 10.7. The van der Waals surface area contributed by atoms with E-state index < -0.39 is 0 Å². The Kier molecular flexibility index (Phi) is 4.47. The molecule has 0 N–H and O–H groups in total. The number of ether oxygens (including phenoxy) is 2. The van der Waals surface area contributed by atoms with Crippen LogP contribution < -0.4 is 4.74 Å². The second kappa shape index (κ2) is 5.66. The van der Waals surface area contributed by atoms with Crippen LogP contribution in [0.3, 0.4) is 0 Å². The second-order valence-corrected chi connectivity index (χ2v) is 3.48. The SMILES string of the molecule is COc1ccccc1CCOC(C)C. The molecule has 1 aromatic rings. The molecule has 78 valence electrons. The molecule has 0 bridgehead atoms. The van der Waals surface area contributed by atoms with Gasteiger partial charge in [0.25, 0.3) is 0 Å². The van der Waals surface area contributed by atoms with Gasteiger partial charge >= 0.3 is 0 Å². The molecule has 0 radical (unpaired) electrons. The average Bonchev–Trinajstić information content (AvgIpc) is 2.18. The summed E-state index contributed by atoms with van der Waals surface area (Å²) in [6.45, 7) is 4.84. The van der Waals surface area contributed by atoms with Gasteiger partial charge in [-0.05, 0) is 31.9 Å². The summed E-state index contributed by atoms with van der Waals surface area (Å²) in [5.41, 5.74) is 1.20. The maximum Gasteiger partial charge on any atom is 0.122 e. The normalized spacial score (nSPS) is 10.6. The van der Waals surface area contributed by atoms with Gasteiger partial charge in [-0.1, -0.05) is 18.2 Å². The molecule has 0 heterocycles. The van der Waals surface area contributed by atoms with E-state index in [-0.39, 0.29) is 0 Å². The monoisotopic (exact) mass is 194 g/mol. The molecule has 0 aliphatic rings. The minimum absolute atomic E-state index is 0.296. The predicted octanol–water partition coefficient (Wildman–Crippen LogP) is 2.66. The van der Waals surface area contributed by atoms with Gasteiger partial charge in [0.2, 0.25) is 0 Å². The van der Waals surface area contributed by atoms with Crippen molar-refractivity contribution < 1.29 is 9.47 Å². The van der Waals surface area contributed by atoms with E-state index in [9.17, 15) is 0 Å². The Hall–Kier alpha value is -1.02. The van der Waals surface area contributed by atoms with Gasteiger partial charge in [-0.3, -0.25) is 0 Å². The van der Waals surface area contributed by atoms with Gasteiger partial charge in [-0.15, -0.1) is 0 Å². The molecule has 0 amide bonds. The summed E-state index contributed by atoms with van der Waals surface area (Å²) in [4.78, 5) is 0. The van der Waals surface area contributed by atoms with Crippen molar-refractivity contribution >= 4 is 0 Å². The summed E-state index contributed by atoms with van der Waals surface area (Å²) in [5.74, 6) is 0.944. The first-order valence-electron chi connectivity index (χ1n) is 4.97. The maximum absolute atomic E-state index is 5.49. The number of benzene rings is 1. The first-order chi connectivity index (χ1) is 6.74. The largest absolute Gasteiger partial charge is 0.496 e. The molecule has 0 atom stereocenters. The molecule has 0 saturated heterocycles. The molecule has 1 rings (SSSR count). The smallest absolute Gasteiger partial charge is 0.122 e. The van der Waals surface area contributed by atoms with E-state index in [0.717, 1.165) is 18.8 Å². The molecule has 0 fully saturated rings. The van der Waals surface area contributed by atoms with Crippen LogP contribution >= 0.6 is 0 Å². The third-order valence-electron chi connectivity index (χ3n) is 2.02. The summed E-state index contributed by atoms with van der Waals surface area (Å²) in [7, 11) is 1.70. The van der Waals surface area contributed by atoms with Crippen molar-refractivity contribution in [2.24, 2.45) is 0 Å². The number of para-hydroxylation sites is 1. The molecular formula is C12H18O2. The van der Waals surface area contributed by atoms with Crippen LogP contribution in [-0.2, 0) is 11.2 Å². The van der Waals surface area contributed by atoms with Gasteiger partial charge in [0.1, 0.15) is 5.75 Å². The topological polar surface area (TPSA) is 18.5 Å². The standard InChI is InChI=1S/C12H18O2/c1-10(2)14-9-8-11-6-4-5-7-12(11)13-3/h4-7,10H,8-9H2,1-3H3. The van der Waals surface area contributed by atoms with Crippen LogP contribution in [0, 0.1) is 0 Å². The lowest BCUT2D eigenvalue weighted by atomic mass is 10.1. The van der Waals surface area contributed by atoms with E-state index in [1.165, 1.54) is 5.56 Å². The molecule has 14 heavy (non-hydrogen) atoms. The van der Waals surface area contributed by atoms with Crippen LogP contribution in [0.15, 0.2) is 24.3 Å². The van der Waals surface area contributed by atoms with E-state index in [1.54, 1.807) is 7.11 Å². The molecule has 0 aromatic heterocycles. The number of hydrogen-bond acceptors (Lipinski definition) is 2. The Labute approximate surface area is 85.8 Å².